The molecular formula is C17H23NO3. The van der Waals surface area contributed by atoms with Crippen LogP contribution < -0.4 is 9.47 Å². The van der Waals surface area contributed by atoms with Gasteiger partial charge in [0.05, 0.1) is 13.2 Å². The topological polar surface area (TPSA) is 38.8 Å². The van der Waals surface area contributed by atoms with Crippen LogP contribution in [-0.2, 0) is 0 Å². The third-order valence-corrected chi connectivity index (χ3v) is 4.18. The molecule has 0 aromatic heterocycles. The maximum Gasteiger partial charge on any atom is 0.173 e. The van der Waals surface area contributed by atoms with E-state index in [1.54, 1.807) is 0 Å². The van der Waals surface area contributed by atoms with E-state index in [1.165, 1.54) is 25.9 Å². The molecule has 114 valence electrons. The third-order valence-electron chi connectivity index (χ3n) is 4.18. The Balaban J connectivity index is 1.48. The summed E-state index contributed by atoms with van der Waals surface area (Å²) in [6.45, 7) is 4.80. The number of unbranched alkanes of at least 4 members (excludes halogenated alkanes) is 1. The van der Waals surface area contributed by atoms with Gasteiger partial charge in [-0.1, -0.05) is 6.07 Å². The van der Waals surface area contributed by atoms with Crippen molar-refractivity contribution in [2.45, 2.75) is 32.1 Å². The van der Waals surface area contributed by atoms with Gasteiger partial charge in [-0.05, 0) is 57.5 Å². The van der Waals surface area contributed by atoms with Crippen molar-refractivity contribution >= 4 is 5.78 Å². The molecule has 0 amide bonds. The molecule has 0 radical (unpaired) electrons. The Morgan fingerprint density at radius 2 is 2.05 bits per heavy atom. The summed E-state index contributed by atoms with van der Waals surface area (Å²) in [7, 11) is 0. The van der Waals surface area contributed by atoms with Gasteiger partial charge in [-0.25, -0.2) is 0 Å². The second kappa shape index (κ2) is 6.94. The standard InChI is InChI=1S/C17H23NO3/c19-14-8-13-21-16-7-5-6-15(17(14)16)20-12-4-3-11-18-9-1-2-10-18/h5-7H,1-4,8-13H2. The number of ketones is 1. The first kappa shape index (κ1) is 14.4. The van der Waals surface area contributed by atoms with Crippen molar-refractivity contribution in [1.82, 2.24) is 4.90 Å². The van der Waals surface area contributed by atoms with Crippen molar-refractivity contribution in [2.24, 2.45) is 0 Å². The van der Waals surface area contributed by atoms with Gasteiger partial charge in [0, 0.05) is 6.42 Å². The summed E-state index contributed by atoms with van der Waals surface area (Å²) < 4.78 is 11.3. The van der Waals surface area contributed by atoms with Crippen molar-refractivity contribution in [3.8, 4) is 11.5 Å². The molecule has 1 aromatic rings. The zero-order valence-corrected chi connectivity index (χ0v) is 12.5. The number of hydrogen-bond donors (Lipinski definition) is 0. The summed E-state index contributed by atoms with van der Waals surface area (Å²) in [6, 6.07) is 5.59. The molecule has 0 atom stereocenters. The van der Waals surface area contributed by atoms with Crippen LogP contribution in [0.4, 0.5) is 0 Å². The van der Waals surface area contributed by atoms with Crippen molar-refractivity contribution in [2.75, 3.05) is 32.8 Å². The number of likely N-dealkylation sites (tertiary alicyclic amines) is 1. The van der Waals surface area contributed by atoms with Crippen LogP contribution in [0.15, 0.2) is 18.2 Å². The number of rotatable bonds is 6. The zero-order chi connectivity index (χ0) is 14.5. The largest absolute Gasteiger partial charge is 0.493 e. The maximum absolute atomic E-state index is 12.0. The quantitative estimate of drug-likeness (QED) is 0.755. The Hall–Kier alpha value is -1.55. The highest BCUT2D eigenvalue weighted by molar-refractivity contribution is 6.02. The molecule has 3 rings (SSSR count). The summed E-state index contributed by atoms with van der Waals surface area (Å²) in [4.78, 5) is 14.5. The fourth-order valence-electron chi connectivity index (χ4n) is 3.03. The molecule has 0 bridgehead atoms. The van der Waals surface area contributed by atoms with Crippen LogP contribution in [0.1, 0.15) is 42.5 Å². The minimum atomic E-state index is 0.129. The number of carbonyl (C=O) groups excluding carboxylic acids is 1. The van der Waals surface area contributed by atoms with Gasteiger partial charge in [0.2, 0.25) is 0 Å². The van der Waals surface area contributed by atoms with Gasteiger partial charge in [0.1, 0.15) is 17.1 Å². The summed E-state index contributed by atoms with van der Waals surface area (Å²) in [5.41, 5.74) is 0.628. The molecule has 1 saturated heterocycles. The Kier molecular flexibility index (Phi) is 4.76. The monoisotopic (exact) mass is 289 g/mol. The predicted molar refractivity (Wildman–Crippen MR) is 81.3 cm³/mol. The van der Waals surface area contributed by atoms with Crippen LogP contribution in [0.25, 0.3) is 0 Å². The van der Waals surface area contributed by atoms with E-state index in [0.29, 0.717) is 36.7 Å². The van der Waals surface area contributed by atoms with Gasteiger partial charge >= 0.3 is 0 Å². The molecule has 21 heavy (non-hydrogen) atoms. The smallest absolute Gasteiger partial charge is 0.173 e. The van der Waals surface area contributed by atoms with Gasteiger partial charge in [0.25, 0.3) is 0 Å². The van der Waals surface area contributed by atoms with Crippen LogP contribution >= 0.6 is 0 Å². The van der Waals surface area contributed by atoms with E-state index in [9.17, 15) is 4.79 Å². The van der Waals surface area contributed by atoms with Crippen molar-refractivity contribution in [1.29, 1.82) is 0 Å². The van der Waals surface area contributed by atoms with E-state index in [4.69, 9.17) is 9.47 Å². The van der Waals surface area contributed by atoms with Gasteiger partial charge in [0.15, 0.2) is 5.78 Å². The summed E-state index contributed by atoms with van der Waals surface area (Å²) in [5, 5.41) is 0. The Labute approximate surface area is 126 Å². The number of fused-ring (bicyclic) bond motifs is 1. The third kappa shape index (κ3) is 3.56. The molecule has 2 aliphatic rings. The van der Waals surface area contributed by atoms with Crippen molar-refractivity contribution in [3.63, 3.8) is 0 Å². The second-order valence-corrected chi connectivity index (χ2v) is 5.76. The van der Waals surface area contributed by atoms with E-state index in [1.807, 2.05) is 18.2 Å². The summed E-state index contributed by atoms with van der Waals surface area (Å²) in [6.07, 6.45) is 5.31. The molecule has 0 unspecified atom stereocenters. The number of nitrogens with zero attached hydrogens (tertiary/aromatic N) is 1. The second-order valence-electron chi connectivity index (χ2n) is 5.76. The first-order valence-electron chi connectivity index (χ1n) is 7.99. The molecule has 1 fully saturated rings. The molecular weight excluding hydrogens is 266 g/mol. The molecule has 0 spiro atoms. The van der Waals surface area contributed by atoms with Gasteiger partial charge in [-0.2, -0.15) is 0 Å². The molecule has 2 heterocycles. The zero-order valence-electron chi connectivity index (χ0n) is 12.5. The fraction of sp³-hybridized carbons (Fsp3) is 0.588. The lowest BCUT2D eigenvalue weighted by atomic mass is 10.0. The van der Waals surface area contributed by atoms with E-state index in [-0.39, 0.29) is 5.78 Å². The first-order chi connectivity index (χ1) is 10.3. The molecule has 0 N–H and O–H groups in total. The maximum atomic E-state index is 12.0. The highest BCUT2D eigenvalue weighted by atomic mass is 16.5. The van der Waals surface area contributed by atoms with Crippen LogP contribution in [0, 0.1) is 0 Å². The van der Waals surface area contributed by atoms with Gasteiger partial charge in [-0.3, -0.25) is 4.79 Å². The van der Waals surface area contributed by atoms with Crippen LogP contribution in [0.2, 0.25) is 0 Å². The number of hydrogen-bond acceptors (Lipinski definition) is 4. The predicted octanol–water partition coefficient (Wildman–Crippen LogP) is 2.91. The summed E-state index contributed by atoms with van der Waals surface area (Å²) in [5.74, 6) is 1.48. The Morgan fingerprint density at radius 1 is 1.19 bits per heavy atom. The molecule has 0 aliphatic carbocycles. The average Bonchev–Trinajstić information content (AvgIpc) is 3.00. The van der Waals surface area contributed by atoms with Crippen LogP contribution in [-0.4, -0.2) is 43.5 Å². The van der Waals surface area contributed by atoms with E-state index in [0.717, 1.165) is 19.4 Å². The molecule has 2 aliphatic heterocycles. The number of ether oxygens (including phenoxy) is 2. The fourth-order valence-corrected chi connectivity index (χ4v) is 3.03. The van der Waals surface area contributed by atoms with E-state index in [2.05, 4.69) is 4.90 Å². The highest BCUT2D eigenvalue weighted by Gasteiger charge is 2.22. The normalized spacial score (nSPS) is 18.4. The van der Waals surface area contributed by atoms with Gasteiger partial charge < -0.3 is 14.4 Å². The minimum Gasteiger partial charge on any atom is -0.493 e. The number of benzene rings is 1. The molecule has 4 heteroatoms. The Bertz CT molecular complexity index is 495. The number of carbonyl (C=O) groups is 1. The summed E-state index contributed by atoms with van der Waals surface area (Å²) >= 11 is 0. The van der Waals surface area contributed by atoms with Crippen molar-refractivity contribution in [3.05, 3.63) is 23.8 Å². The highest BCUT2D eigenvalue weighted by Crippen LogP contribution is 2.32. The van der Waals surface area contributed by atoms with Crippen LogP contribution in [0.3, 0.4) is 0 Å². The lowest BCUT2D eigenvalue weighted by Crippen LogP contribution is -2.21. The lowest BCUT2D eigenvalue weighted by Gasteiger charge is -2.19. The Morgan fingerprint density at radius 3 is 2.90 bits per heavy atom. The lowest BCUT2D eigenvalue weighted by molar-refractivity contribution is 0.0927. The average molecular weight is 289 g/mol. The molecule has 4 nitrogen and oxygen atoms in total. The van der Waals surface area contributed by atoms with E-state index >= 15 is 0 Å². The van der Waals surface area contributed by atoms with Gasteiger partial charge in [-0.15, -0.1) is 0 Å². The number of Topliss-reactive ketones (excluding diaryl/α,β-unsaturated/α-hetero) is 1. The molecule has 1 aromatic carbocycles. The first-order valence-corrected chi connectivity index (χ1v) is 7.99. The van der Waals surface area contributed by atoms with E-state index < -0.39 is 0 Å². The minimum absolute atomic E-state index is 0.129. The van der Waals surface area contributed by atoms with Crippen molar-refractivity contribution < 1.29 is 14.3 Å². The SMILES string of the molecule is O=C1CCOc2cccc(OCCCCN3CCCC3)c21. The van der Waals surface area contributed by atoms with Crippen LogP contribution in [0.5, 0.6) is 11.5 Å². The molecule has 0 saturated carbocycles.